The minimum Gasteiger partial charge on any atom is -0.408 e. The summed E-state index contributed by atoms with van der Waals surface area (Å²) >= 11 is 5.91. The van der Waals surface area contributed by atoms with Gasteiger partial charge in [-0.1, -0.05) is 18.5 Å². The average molecular weight is 281 g/mol. The summed E-state index contributed by atoms with van der Waals surface area (Å²) in [5, 5.41) is 0.583. The van der Waals surface area contributed by atoms with Crippen LogP contribution in [0.4, 0.5) is 0 Å². The summed E-state index contributed by atoms with van der Waals surface area (Å²) in [5.74, 6) is 0.382. The first-order valence-electron chi connectivity index (χ1n) is 6.65. The first kappa shape index (κ1) is 12.8. The van der Waals surface area contributed by atoms with E-state index >= 15 is 0 Å². The van der Waals surface area contributed by atoms with Crippen LogP contribution < -0.4 is 5.76 Å². The largest absolute Gasteiger partial charge is 0.421 e. The van der Waals surface area contributed by atoms with Crippen molar-refractivity contribution in [3.63, 3.8) is 0 Å². The van der Waals surface area contributed by atoms with Crippen LogP contribution in [0, 0.1) is 5.92 Å². The number of hydrogen-bond donors (Lipinski definition) is 0. The van der Waals surface area contributed by atoms with Crippen molar-refractivity contribution >= 4 is 22.7 Å². The lowest BCUT2D eigenvalue weighted by Gasteiger charge is -2.30. The average Bonchev–Trinajstić information content (AvgIpc) is 2.65. The lowest BCUT2D eigenvalue weighted by Crippen LogP contribution is -2.37. The predicted octanol–water partition coefficient (Wildman–Crippen LogP) is 2.94. The van der Waals surface area contributed by atoms with Gasteiger partial charge in [0.05, 0.1) is 12.2 Å². The molecule has 5 heteroatoms. The lowest BCUT2D eigenvalue weighted by atomic mass is 10.0. The standard InChI is InChI=1S/C14H17ClN2O2/c1-10-3-2-6-16(8-10)9-17-12-5-4-11(15)7-13(12)19-14(17)18/h4-5,7,10H,2-3,6,8-9H2,1H3/t10-/m1/s1. The molecule has 1 aliphatic heterocycles. The molecule has 0 N–H and O–H groups in total. The summed E-state index contributed by atoms with van der Waals surface area (Å²) in [5.41, 5.74) is 1.37. The van der Waals surface area contributed by atoms with Gasteiger partial charge in [0.25, 0.3) is 0 Å². The molecule has 1 saturated heterocycles. The van der Waals surface area contributed by atoms with Crippen LogP contribution in [-0.2, 0) is 6.67 Å². The Balaban J connectivity index is 1.92. The number of benzene rings is 1. The molecular formula is C14H17ClN2O2. The quantitative estimate of drug-likeness (QED) is 0.849. The Labute approximate surface area is 116 Å². The summed E-state index contributed by atoms with van der Waals surface area (Å²) in [7, 11) is 0. The van der Waals surface area contributed by atoms with E-state index in [1.54, 1.807) is 16.7 Å². The van der Waals surface area contributed by atoms with Crippen LogP contribution in [0.2, 0.25) is 5.02 Å². The molecule has 0 aliphatic carbocycles. The molecule has 102 valence electrons. The van der Waals surface area contributed by atoms with Gasteiger partial charge in [0.2, 0.25) is 0 Å². The highest BCUT2D eigenvalue weighted by molar-refractivity contribution is 6.31. The molecule has 3 rings (SSSR count). The summed E-state index contributed by atoms with van der Waals surface area (Å²) in [6.45, 7) is 4.92. The molecule has 0 unspecified atom stereocenters. The third-order valence-corrected chi connectivity index (χ3v) is 3.95. The van der Waals surface area contributed by atoms with Crippen LogP contribution in [0.25, 0.3) is 11.1 Å². The monoisotopic (exact) mass is 280 g/mol. The number of halogens is 1. The highest BCUT2D eigenvalue weighted by Gasteiger charge is 2.18. The van der Waals surface area contributed by atoms with Gasteiger partial charge in [0.1, 0.15) is 0 Å². The van der Waals surface area contributed by atoms with Gasteiger partial charge in [-0.05, 0) is 37.4 Å². The normalized spacial score (nSPS) is 21.1. The Kier molecular flexibility index (Phi) is 3.37. The van der Waals surface area contributed by atoms with Crippen molar-refractivity contribution in [2.75, 3.05) is 13.1 Å². The topological polar surface area (TPSA) is 38.4 Å². The van der Waals surface area contributed by atoms with Crippen LogP contribution in [0.5, 0.6) is 0 Å². The van der Waals surface area contributed by atoms with Crippen molar-refractivity contribution in [3.05, 3.63) is 33.8 Å². The second-order valence-electron chi connectivity index (χ2n) is 5.37. The first-order chi connectivity index (χ1) is 9.13. The zero-order valence-corrected chi connectivity index (χ0v) is 11.7. The molecule has 0 bridgehead atoms. The number of rotatable bonds is 2. The van der Waals surface area contributed by atoms with E-state index in [1.807, 2.05) is 6.07 Å². The Bertz CT molecular complexity index is 646. The number of piperidine rings is 1. The number of aromatic nitrogens is 1. The second kappa shape index (κ2) is 5.02. The van der Waals surface area contributed by atoms with Crippen LogP contribution in [0.1, 0.15) is 19.8 Å². The van der Waals surface area contributed by atoms with Crippen molar-refractivity contribution in [1.29, 1.82) is 0 Å². The Morgan fingerprint density at radius 3 is 3.11 bits per heavy atom. The van der Waals surface area contributed by atoms with Crippen molar-refractivity contribution in [2.45, 2.75) is 26.4 Å². The zero-order valence-electron chi connectivity index (χ0n) is 10.9. The van der Waals surface area contributed by atoms with Gasteiger partial charge in [0.15, 0.2) is 5.58 Å². The summed E-state index contributed by atoms with van der Waals surface area (Å²) in [4.78, 5) is 14.2. The fraction of sp³-hybridized carbons (Fsp3) is 0.500. The number of fused-ring (bicyclic) bond motifs is 1. The Hall–Kier alpha value is -1.26. The molecule has 0 spiro atoms. The van der Waals surface area contributed by atoms with E-state index in [4.69, 9.17) is 16.0 Å². The number of nitrogens with zero attached hydrogens (tertiary/aromatic N) is 2. The summed E-state index contributed by atoms with van der Waals surface area (Å²) in [6, 6.07) is 5.32. The molecule has 2 aromatic rings. The van der Waals surface area contributed by atoms with Crippen molar-refractivity contribution in [3.8, 4) is 0 Å². The molecular weight excluding hydrogens is 264 g/mol. The van der Waals surface area contributed by atoms with Crippen LogP contribution in [0.3, 0.4) is 0 Å². The van der Waals surface area contributed by atoms with Crippen molar-refractivity contribution in [1.82, 2.24) is 9.47 Å². The smallest absolute Gasteiger partial charge is 0.408 e. The Morgan fingerprint density at radius 1 is 1.47 bits per heavy atom. The predicted molar refractivity (Wildman–Crippen MR) is 75.5 cm³/mol. The van der Waals surface area contributed by atoms with Gasteiger partial charge in [-0.3, -0.25) is 9.47 Å². The molecule has 19 heavy (non-hydrogen) atoms. The maximum Gasteiger partial charge on any atom is 0.421 e. The van der Waals surface area contributed by atoms with Crippen LogP contribution in [-0.4, -0.2) is 22.6 Å². The van der Waals surface area contributed by atoms with E-state index in [2.05, 4.69) is 11.8 Å². The molecule has 1 aromatic carbocycles. The fourth-order valence-electron chi connectivity index (χ4n) is 2.79. The van der Waals surface area contributed by atoms with E-state index in [-0.39, 0.29) is 5.76 Å². The molecule has 2 heterocycles. The lowest BCUT2D eigenvalue weighted by molar-refractivity contribution is 0.143. The van der Waals surface area contributed by atoms with Gasteiger partial charge >= 0.3 is 5.76 Å². The molecule has 0 amide bonds. The van der Waals surface area contributed by atoms with E-state index in [0.29, 0.717) is 23.2 Å². The number of oxazole rings is 1. The molecule has 1 atom stereocenters. The third-order valence-electron chi connectivity index (χ3n) is 3.71. The molecule has 4 nitrogen and oxygen atoms in total. The third kappa shape index (κ3) is 2.55. The van der Waals surface area contributed by atoms with E-state index in [1.165, 1.54) is 12.8 Å². The minimum absolute atomic E-state index is 0.310. The van der Waals surface area contributed by atoms with Gasteiger partial charge in [-0.25, -0.2) is 4.79 Å². The highest BCUT2D eigenvalue weighted by Crippen LogP contribution is 2.20. The summed E-state index contributed by atoms with van der Waals surface area (Å²) in [6.07, 6.45) is 2.46. The first-order valence-corrected chi connectivity index (χ1v) is 7.02. The van der Waals surface area contributed by atoms with E-state index in [9.17, 15) is 4.79 Å². The zero-order chi connectivity index (χ0) is 13.4. The van der Waals surface area contributed by atoms with Crippen LogP contribution >= 0.6 is 11.6 Å². The highest BCUT2D eigenvalue weighted by atomic mass is 35.5. The number of likely N-dealkylation sites (tertiary alicyclic amines) is 1. The minimum atomic E-state index is -0.310. The molecule has 1 aliphatic rings. The van der Waals surface area contributed by atoms with Gasteiger partial charge in [0, 0.05) is 17.6 Å². The molecule has 1 aromatic heterocycles. The number of hydrogen-bond acceptors (Lipinski definition) is 3. The molecule has 1 fully saturated rings. The van der Waals surface area contributed by atoms with Gasteiger partial charge in [-0.15, -0.1) is 0 Å². The maximum atomic E-state index is 11.9. The van der Waals surface area contributed by atoms with Crippen molar-refractivity contribution in [2.24, 2.45) is 5.92 Å². The van der Waals surface area contributed by atoms with Crippen LogP contribution in [0.15, 0.2) is 27.4 Å². The van der Waals surface area contributed by atoms with E-state index < -0.39 is 0 Å². The molecule has 0 radical (unpaired) electrons. The van der Waals surface area contributed by atoms with Gasteiger partial charge in [-0.2, -0.15) is 0 Å². The summed E-state index contributed by atoms with van der Waals surface area (Å²) < 4.78 is 6.93. The van der Waals surface area contributed by atoms with Gasteiger partial charge < -0.3 is 4.42 Å². The SMILES string of the molecule is C[C@@H]1CCCN(Cn2c(=O)oc3cc(Cl)ccc32)C1. The second-order valence-corrected chi connectivity index (χ2v) is 5.81. The maximum absolute atomic E-state index is 11.9. The van der Waals surface area contributed by atoms with Crippen molar-refractivity contribution < 1.29 is 4.42 Å². The van der Waals surface area contributed by atoms with E-state index in [0.717, 1.165) is 18.6 Å². The molecule has 0 saturated carbocycles. The fourth-order valence-corrected chi connectivity index (χ4v) is 2.95. The Morgan fingerprint density at radius 2 is 2.32 bits per heavy atom.